The molecule has 0 spiro atoms. The molecule has 23 heavy (non-hydrogen) atoms. The average molecular weight is 329 g/mol. The van der Waals surface area contributed by atoms with Crippen molar-refractivity contribution in [2.75, 3.05) is 12.0 Å². The Morgan fingerprint density at radius 2 is 2.09 bits per heavy atom. The molecule has 0 unspecified atom stereocenters. The number of hydrogen-bond acceptors (Lipinski definition) is 4. The third-order valence-electron chi connectivity index (χ3n) is 3.98. The number of imide groups is 1. The van der Waals surface area contributed by atoms with Crippen molar-refractivity contribution >= 4 is 34.6 Å². The molecule has 120 valence electrons. The molecule has 1 aliphatic heterocycles. The molecule has 1 atom stereocenters. The van der Waals surface area contributed by atoms with Crippen molar-refractivity contribution < 1.29 is 9.59 Å². The van der Waals surface area contributed by atoms with Gasteiger partial charge in [0, 0.05) is 11.1 Å². The van der Waals surface area contributed by atoms with Gasteiger partial charge in [-0.1, -0.05) is 18.2 Å². The standard InChI is InChI=1S/C17H19N3O2S/c1-11-9-12(13-5-3-4-6-14(13)18-11)10-20-16(21)15(7-8-23-2)19-17(20)22/h3-6,9,15H,7-8,10H2,1-2H3,(H,19,22)/t15-/m1/s1. The molecule has 5 nitrogen and oxygen atoms in total. The van der Waals surface area contributed by atoms with Gasteiger partial charge in [0.05, 0.1) is 12.1 Å². The van der Waals surface area contributed by atoms with Crippen LogP contribution in [0.5, 0.6) is 0 Å². The number of aromatic nitrogens is 1. The predicted molar refractivity (Wildman–Crippen MR) is 92.3 cm³/mol. The highest BCUT2D eigenvalue weighted by atomic mass is 32.2. The van der Waals surface area contributed by atoms with Crippen LogP contribution in [0.2, 0.25) is 0 Å². The van der Waals surface area contributed by atoms with E-state index in [0.717, 1.165) is 27.9 Å². The van der Waals surface area contributed by atoms with Crippen LogP contribution in [0.15, 0.2) is 30.3 Å². The van der Waals surface area contributed by atoms with Gasteiger partial charge in [-0.25, -0.2) is 4.79 Å². The summed E-state index contributed by atoms with van der Waals surface area (Å²) in [5.41, 5.74) is 2.71. The zero-order valence-electron chi connectivity index (χ0n) is 13.2. The van der Waals surface area contributed by atoms with Crippen molar-refractivity contribution in [3.63, 3.8) is 0 Å². The smallest absolute Gasteiger partial charge is 0.325 e. The zero-order valence-corrected chi connectivity index (χ0v) is 14.0. The number of thioether (sulfide) groups is 1. The van der Waals surface area contributed by atoms with Gasteiger partial charge in [0.15, 0.2) is 0 Å². The lowest BCUT2D eigenvalue weighted by Gasteiger charge is -2.15. The van der Waals surface area contributed by atoms with Gasteiger partial charge in [0.25, 0.3) is 5.91 Å². The van der Waals surface area contributed by atoms with Crippen LogP contribution in [0, 0.1) is 6.92 Å². The summed E-state index contributed by atoms with van der Waals surface area (Å²) in [5, 5.41) is 3.76. The number of nitrogens with one attached hydrogen (secondary N) is 1. The van der Waals surface area contributed by atoms with Gasteiger partial charge in [-0.3, -0.25) is 14.7 Å². The van der Waals surface area contributed by atoms with Crippen LogP contribution in [0.3, 0.4) is 0 Å². The number of rotatable bonds is 5. The summed E-state index contributed by atoms with van der Waals surface area (Å²) in [6, 6.07) is 9.03. The Morgan fingerprint density at radius 1 is 1.30 bits per heavy atom. The molecule has 1 N–H and O–H groups in total. The Bertz CT molecular complexity index is 763. The first-order chi connectivity index (χ1) is 11.1. The van der Waals surface area contributed by atoms with Crippen LogP contribution in [-0.4, -0.2) is 39.9 Å². The first-order valence-electron chi connectivity index (χ1n) is 7.56. The molecule has 3 amide bonds. The minimum absolute atomic E-state index is 0.136. The van der Waals surface area contributed by atoms with E-state index in [-0.39, 0.29) is 18.5 Å². The Labute approximate surface area is 139 Å². The van der Waals surface area contributed by atoms with E-state index in [1.165, 1.54) is 4.90 Å². The lowest BCUT2D eigenvalue weighted by atomic mass is 10.1. The highest BCUT2D eigenvalue weighted by Crippen LogP contribution is 2.22. The second-order valence-electron chi connectivity index (χ2n) is 5.65. The Hall–Kier alpha value is -2.08. The van der Waals surface area contributed by atoms with Crippen molar-refractivity contribution in [2.24, 2.45) is 0 Å². The van der Waals surface area contributed by atoms with Crippen LogP contribution in [0.4, 0.5) is 4.79 Å². The van der Waals surface area contributed by atoms with Crippen LogP contribution < -0.4 is 5.32 Å². The first-order valence-corrected chi connectivity index (χ1v) is 8.95. The van der Waals surface area contributed by atoms with Crippen LogP contribution >= 0.6 is 11.8 Å². The zero-order chi connectivity index (χ0) is 16.4. The van der Waals surface area contributed by atoms with Gasteiger partial charge in [0.2, 0.25) is 0 Å². The quantitative estimate of drug-likeness (QED) is 0.857. The lowest BCUT2D eigenvalue weighted by Crippen LogP contribution is -2.31. The molecule has 1 saturated heterocycles. The van der Waals surface area contributed by atoms with E-state index >= 15 is 0 Å². The number of nitrogens with zero attached hydrogens (tertiary/aromatic N) is 2. The van der Waals surface area contributed by atoms with E-state index in [1.807, 2.05) is 43.5 Å². The van der Waals surface area contributed by atoms with E-state index in [4.69, 9.17) is 0 Å². The number of aryl methyl sites for hydroxylation is 1. The van der Waals surface area contributed by atoms with Crippen LogP contribution in [0.25, 0.3) is 10.9 Å². The monoisotopic (exact) mass is 329 g/mol. The molecule has 6 heteroatoms. The van der Waals surface area contributed by atoms with Gasteiger partial charge < -0.3 is 5.32 Å². The normalized spacial score (nSPS) is 17.8. The number of amides is 3. The number of benzene rings is 1. The second-order valence-corrected chi connectivity index (χ2v) is 6.63. The molecular weight excluding hydrogens is 310 g/mol. The van der Waals surface area contributed by atoms with Gasteiger partial charge in [-0.2, -0.15) is 11.8 Å². The summed E-state index contributed by atoms with van der Waals surface area (Å²) in [6.45, 7) is 2.20. The fourth-order valence-electron chi connectivity index (χ4n) is 2.85. The minimum Gasteiger partial charge on any atom is -0.326 e. The Balaban J connectivity index is 1.87. The fourth-order valence-corrected chi connectivity index (χ4v) is 3.33. The molecule has 0 aliphatic carbocycles. The summed E-state index contributed by atoms with van der Waals surface area (Å²) in [4.78, 5) is 30.4. The van der Waals surface area contributed by atoms with Crippen LogP contribution in [-0.2, 0) is 11.3 Å². The van der Waals surface area contributed by atoms with Gasteiger partial charge in [0.1, 0.15) is 6.04 Å². The summed E-state index contributed by atoms with van der Waals surface area (Å²) >= 11 is 1.67. The van der Waals surface area contributed by atoms with Gasteiger partial charge >= 0.3 is 6.03 Å². The Kier molecular flexibility index (Phi) is 4.52. The molecule has 0 saturated carbocycles. The van der Waals surface area contributed by atoms with Crippen molar-refractivity contribution in [1.82, 2.24) is 15.2 Å². The van der Waals surface area contributed by atoms with E-state index in [1.54, 1.807) is 11.8 Å². The van der Waals surface area contributed by atoms with Crippen molar-refractivity contribution in [1.29, 1.82) is 0 Å². The van der Waals surface area contributed by atoms with E-state index in [2.05, 4.69) is 10.3 Å². The lowest BCUT2D eigenvalue weighted by molar-refractivity contribution is -0.127. The van der Waals surface area contributed by atoms with Crippen LogP contribution in [0.1, 0.15) is 17.7 Å². The molecule has 2 heterocycles. The second kappa shape index (κ2) is 6.58. The number of carbonyl (C=O) groups excluding carboxylic acids is 2. The topological polar surface area (TPSA) is 62.3 Å². The predicted octanol–water partition coefficient (Wildman–Crippen LogP) is 2.72. The SMILES string of the molecule is CSCC[C@H]1NC(=O)N(Cc2cc(C)nc3ccccc23)C1=O. The summed E-state index contributed by atoms with van der Waals surface area (Å²) in [7, 11) is 0. The van der Waals surface area contributed by atoms with Crippen molar-refractivity contribution in [3.8, 4) is 0 Å². The maximum absolute atomic E-state index is 12.5. The number of hydrogen-bond donors (Lipinski definition) is 1. The molecule has 0 radical (unpaired) electrons. The van der Waals surface area contributed by atoms with E-state index < -0.39 is 6.04 Å². The largest absolute Gasteiger partial charge is 0.326 e. The summed E-state index contributed by atoms with van der Waals surface area (Å²) in [5.74, 6) is 0.713. The average Bonchev–Trinajstić information content (AvgIpc) is 2.80. The number of urea groups is 1. The maximum Gasteiger partial charge on any atom is 0.325 e. The fraction of sp³-hybridized carbons (Fsp3) is 0.353. The molecule has 1 aliphatic rings. The highest BCUT2D eigenvalue weighted by Gasteiger charge is 2.37. The first kappa shape index (κ1) is 15.8. The third kappa shape index (κ3) is 3.17. The molecule has 3 rings (SSSR count). The molecule has 1 aromatic carbocycles. The van der Waals surface area contributed by atoms with Gasteiger partial charge in [-0.15, -0.1) is 0 Å². The molecule has 1 aromatic heterocycles. The summed E-state index contributed by atoms with van der Waals surface area (Å²) in [6.07, 6.45) is 2.66. The Morgan fingerprint density at radius 3 is 2.87 bits per heavy atom. The van der Waals surface area contributed by atoms with E-state index in [0.29, 0.717) is 6.42 Å². The molecule has 2 aromatic rings. The highest BCUT2D eigenvalue weighted by molar-refractivity contribution is 7.98. The van der Waals surface area contributed by atoms with Crippen molar-refractivity contribution in [2.45, 2.75) is 25.9 Å². The minimum atomic E-state index is -0.399. The molecule has 1 fully saturated rings. The van der Waals surface area contributed by atoms with Crippen molar-refractivity contribution in [3.05, 3.63) is 41.6 Å². The molecular formula is C17H19N3O2S. The maximum atomic E-state index is 12.5. The number of pyridine rings is 1. The number of para-hydroxylation sites is 1. The summed E-state index contributed by atoms with van der Waals surface area (Å²) < 4.78 is 0. The van der Waals surface area contributed by atoms with Gasteiger partial charge in [-0.05, 0) is 43.0 Å². The molecule has 0 bridgehead atoms. The van der Waals surface area contributed by atoms with E-state index in [9.17, 15) is 9.59 Å². The number of fused-ring (bicyclic) bond motifs is 1. The number of carbonyl (C=O) groups is 2. The third-order valence-corrected chi connectivity index (χ3v) is 4.62.